The second-order valence-electron chi connectivity index (χ2n) is 8.29. The Morgan fingerprint density at radius 3 is 2.29 bits per heavy atom. The molecule has 1 aliphatic rings. The van der Waals surface area contributed by atoms with Crippen LogP contribution in [0.1, 0.15) is 61.6 Å². The van der Waals surface area contributed by atoms with Gasteiger partial charge in [0.2, 0.25) is 0 Å². The van der Waals surface area contributed by atoms with Crippen LogP contribution < -0.4 is 0 Å². The smallest absolute Gasteiger partial charge is 0.132 e. The lowest BCUT2D eigenvalue weighted by Crippen LogP contribution is -2.31. The summed E-state index contributed by atoms with van der Waals surface area (Å²) in [6, 6.07) is 19.8. The highest BCUT2D eigenvalue weighted by Gasteiger charge is 2.31. The Hall–Kier alpha value is -1.74. The highest BCUT2D eigenvalue weighted by molar-refractivity contribution is 5.26. The Bertz CT molecular complexity index is 700. The van der Waals surface area contributed by atoms with Gasteiger partial charge in [-0.05, 0) is 68.2 Å². The minimum Gasteiger partial charge on any atom is -0.299 e. The van der Waals surface area contributed by atoms with Gasteiger partial charge < -0.3 is 0 Å². The molecule has 3 heteroatoms. The zero-order valence-corrected chi connectivity index (χ0v) is 17.2. The first-order chi connectivity index (χ1) is 13.6. The van der Waals surface area contributed by atoms with Crippen LogP contribution >= 0.6 is 0 Å². The SMILES string of the molecule is CCC(CCc1ccc(C2CCC(F)C(F)C2)cc1)N(C)Cc1ccccc1. The van der Waals surface area contributed by atoms with Crippen LogP contribution in [0.5, 0.6) is 0 Å². The van der Waals surface area contributed by atoms with Gasteiger partial charge >= 0.3 is 0 Å². The Labute approximate surface area is 168 Å². The normalized spacial score (nSPS) is 23.7. The predicted octanol–water partition coefficient (Wildman–Crippen LogP) is 6.47. The maximum Gasteiger partial charge on any atom is 0.132 e. The number of rotatable bonds is 8. The Morgan fingerprint density at radius 2 is 1.64 bits per heavy atom. The van der Waals surface area contributed by atoms with Crippen molar-refractivity contribution in [2.75, 3.05) is 7.05 Å². The maximum atomic E-state index is 13.7. The van der Waals surface area contributed by atoms with Crippen LogP contribution in [-0.4, -0.2) is 30.3 Å². The zero-order valence-electron chi connectivity index (χ0n) is 17.2. The molecule has 0 N–H and O–H groups in total. The predicted molar refractivity (Wildman–Crippen MR) is 113 cm³/mol. The van der Waals surface area contributed by atoms with E-state index in [0.29, 0.717) is 18.9 Å². The van der Waals surface area contributed by atoms with Crippen LogP contribution in [0, 0.1) is 0 Å². The fourth-order valence-corrected chi connectivity index (χ4v) is 4.41. The van der Waals surface area contributed by atoms with Crippen molar-refractivity contribution in [3.63, 3.8) is 0 Å². The van der Waals surface area contributed by atoms with Crippen LogP contribution in [0.2, 0.25) is 0 Å². The van der Waals surface area contributed by atoms with Gasteiger partial charge in [-0.15, -0.1) is 0 Å². The van der Waals surface area contributed by atoms with Gasteiger partial charge in [0.25, 0.3) is 0 Å². The van der Waals surface area contributed by atoms with E-state index in [-0.39, 0.29) is 5.92 Å². The van der Waals surface area contributed by atoms with E-state index in [1.807, 2.05) is 0 Å². The molecule has 4 atom stereocenters. The maximum absolute atomic E-state index is 13.7. The molecule has 0 aliphatic heterocycles. The van der Waals surface area contributed by atoms with Crippen molar-refractivity contribution in [3.05, 3.63) is 71.3 Å². The van der Waals surface area contributed by atoms with E-state index in [2.05, 4.69) is 73.5 Å². The first-order valence-electron chi connectivity index (χ1n) is 10.7. The molecule has 0 aromatic heterocycles. The minimum absolute atomic E-state index is 0.163. The van der Waals surface area contributed by atoms with E-state index >= 15 is 0 Å². The molecule has 0 bridgehead atoms. The molecule has 4 unspecified atom stereocenters. The molecular weight excluding hydrogens is 352 g/mol. The zero-order chi connectivity index (χ0) is 19.9. The fraction of sp³-hybridized carbons (Fsp3) is 0.520. The van der Waals surface area contributed by atoms with Crippen LogP contribution in [-0.2, 0) is 13.0 Å². The quantitative estimate of drug-likeness (QED) is 0.503. The lowest BCUT2D eigenvalue weighted by Gasteiger charge is -2.28. The van der Waals surface area contributed by atoms with Gasteiger partial charge in [-0.2, -0.15) is 0 Å². The number of hydrogen-bond acceptors (Lipinski definition) is 1. The van der Waals surface area contributed by atoms with Gasteiger partial charge in [-0.25, -0.2) is 8.78 Å². The number of nitrogens with zero attached hydrogens (tertiary/aromatic N) is 1. The van der Waals surface area contributed by atoms with E-state index < -0.39 is 12.3 Å². The average Bonchev–Trinajstić information content (AvgIpc) is 2.72. The number of benzene rings is 2. The third-order valence-corrected chi connectivity index (χ3v) is 6.28. The topological polar surface area (TPSA) is 3.24 Å². The summed E-state index contributed by atoms with van der Waals surface area (Å²) in [6.07, 6.45) is 2.15. The highest BCUT2D eigenvalue weighted by atomic mass is 19.2. The second kappa shape index (κ2) is 10.2. The third-order valence-electron chi connectivity index (χ3n) is 6.28. The molecule has 0 heterocycles. The van der Waals surface area contributed by atoms with E-state index in [1.54, 1.807) is 0 Å². The van der Waals surface area contributed by atoms with Crippen LogP contribution in [0.4, 0.5) is 8.78 Å². The number of aryl methyl sites for hydroxylation is 1. The largest absolute Gasteiger partial charge is 0.299 e. The summed E-state index contributed by atoms with van der Waals surface area (Å²) in [7, 11) is 2.21. The molecule has 3 rings (SSSR count). The van der Waals surface area contributed by atoms with Gasteiger partial charge in [-0.1, -0.05) is 61.5 Å². The molecule has 0 spiro atoms. The molecule has 0 saturated heterocycles. The van der Waals surface area contributed by atoms with Gasteiger partial charge in [0, 0.05) is 12.6 Å². The van der Waals surface area contributed by atoms with Crippen molar-refractivity contribution in [2.45, 2.75) is 76.3 Å². The third kappa shape index (κ3) is 5.64. The molecule has 0 radical (unpaired) electrons. The summed E-state index contributed by atoms with van der Waals surface area (Å²) in [5.74, 6) is 0.163. The molecule has 28 heavy (non-hydrogen) atoms. The van der Waals surface area contributed by atoms with Gasteiger partial charge in [-0.3, -0.25) is 4.90 Å². The summed E-state index contributed by atoms with van der Waals surface area (Å²) in [4.78, 5) is 2.44. The highest BCUT2D eigenvalue weighted by Crippen LogP contribution is 2.35. The van der Waals surface area contributed by atoms with Gasteiger partial charge in [0.1, 0.15) is 12.3 Å². The Balaban J connectivity index is 1.52. The molecule has 2 aromatic carbocycles. The lowest BCUT2D eigenvalue weighted by molar-refractivity contribution is 0.108. The Kier molecular flexibility index (Phi) is 7.61. The monoisotopic (exact) mass is 385 g/mol. The van der Waals surface area contributed by atoms with E-state index in [9.17, 15) is 8.78 Å². The van der Waals surface area contributed by atoms with Crippen molar-refractivity contribution >= 4 is 0 Å². The summed E-state index contributed by atoms with van der Waals surface area (Å²) in [5, 5.41) is 0. The molecule has 152 valence electrons. The molecule has 1 fully saturated rings. The first kappa shape index (κ1) is 21.0. The lowest BCUT2D eigenvalue weighted by atomic mass is 9.82. The molecule has 2 aromatic rings. The van der Waals surface area contributed by atoms with Gasteiger partial charge in [0.15, 0.2) is 0 Å². The standard InChI is InChI=1S/C25H33F2N/c1-3-23(28(2)18-20-7-5-4-6-8-20)15-11-19-9-12-21(13-10-19)22-14-16-24(26)25(27)17-22/h4-10,12-13,22-25H,3,11,14-18H2,1-2H3. The van der Waals surface area contributed by atoms with Crippen molar-refractivity contribution in [1.29, 1.82) is 0 Å². The molecule has 1 saturated carbocycles. The summed E-state index contributed by atoms with van der Waals surface area (Å²) < 4.78 is 27.1. The molecule has 0 amide bonds. The second-order valence-corrected chi connectivity index (χ2v) is 8.29. The van der Waals surface area contributed by atoms with Crippen LogP contribution in [0.25, 0.3) is 0 Å². The van der Waals surface area contributed by atoms with Crippen molar-refractivity contribution in [1.82, 2.24) is 4.90 Å². The average molecular weight is 386 g/mol. The van der Waals surface area contributed by atoms with E-state index in [1.165, 1.54) is 11.1 Å². The van der Waals surface area contributed by atoms with E-state index in [0.717, 1.165) is 37.8 Å². The van der Waals surface area contributed by atoms with Crippen molar-refractivity contribution in [2.24, 2.45) is 0 Å². The number of halogens is 2. The summed E-state index contributed by atoms with van der Waals surface area (Å²) >= 11 is 0. The summed E-state index contributed by atoms with van der Waals surface area (Å²) in [5.41, 5.74) is 3.83. The van der Waals surface area contributed by atoms with Crippen LogP contribution in [0.3, 0.4) is 0 Å². The number of alkyl halides is 2. The van der Waals surface area contributed by atoms with Crippen molar-refractivity contribution in [3.8, 4) is 0 Å². The van der Waals surface area contributed by atoms with Crippen molar-refractivity contribution < 1.29 is 8.78 Å². The summed E-state index contributed by atoms with van der Waals surface area (Å²) in [6.45, 7) is 3.23. The van der Waals surface area contributed by atoms with Gasteiger partial charge in [0.05, 0.1) is 0 Å². The molecule has 1 aliphatic carbocycles. The van der Waals surface area contributed by atoms with E-state index in [4.69, 9.17) is 0 Å². The van der Waals surface area contributed by atoms with Crippen LogP contribution in [0.15, 0.2) is 54.6 Å². The minimum atomic E-state index is -1.30. The molecular formula is C25H33F2N. The fourth-order valence-electron chi connectivity index (χ4n) is 4.41. The molecule has 1 nitrogen and oxygen atoms in total. The Morgan fingerprint density at radius 1 is 0.929 bits per heavy atom. The first-order valence-corrected chi connectivity index (χ1v) is 10.7. The number of hydrogen-bond donors (Lipinski definition) is 0.